The van der Waals surface area contributed by atoms with Gasteiger partial charge in [-0.15, -0.1) is 0 Å². The number of methoxy groups -OCH3 is 1. The maximum absolute atomic E-state index is 12.8. The zero-order valence-electron chi connectivity index (χ0n) is 14.6. The molecule has 0 saturated heterocycles. The lowest BCUT2D eigenvalue weighted by atomic mass is 10.1. The normalized spacial score (nSPS) is 12.1. The van der Waals surface area contributed by atoms with Gasteiger partial charge in [0.25, 0.3) is 5.56 Å². The van der Waals surface area contributed by atoms with E-state index in [0.29, 0.717) is 22.4 Å². The summed E-state index contributed by atoms with van der Waals surface area (Å²) in [6.45, 7) is 1.81. The summed E-state index contributed by atoms with van der Waals surface area (Å²) < 4.78 is 11.9. The molecule has 0 aliphatic heterocycles. The molecule has 2 aromatic carbocycles. The maximum atomic E-state index is 12.8. The van der Waals surface area contributed by atoms with Crippen molar-refractivity contribution in [1.29, 1.82) is 0 Å². The van der Waals surface area contributed by atoms with Crippen LogP contribution in [0.5, 0.6) is 11.5 Å². The van der Waals surface area contributed by atoms with Crippen LogP contribution in [-0.4, -0.2) is 35.0 Å². The van der Waals surface area contributed by atoms with E-state index < -0.39 is 11.7 Å². The van der Waals surface area contributed by atoms with E-state index in [9.17, 15) is 9.59 Å². The Hall–Kier alpha value is -3.06. The topological polar surface area (TPSA) is 93.6 Å². The molecule has 0 spiro atoms. The molecule has 0 saturated carbocycles. The quantitative estimate of drug-likeness (QED) is 0.701. The zero-order valence-corrected chi connectivity index (χ0v) is 14.6. The average molecular weight is 356 g/mol. The first kappa shape index (κ1) is 17.8. The molecule has 26 heavy (non-hydrogen) atoms. The van der Waals surface area contributed by atoms with Crippen LogP contribution in [0.3, 0.4) is 0 Å². The van der Waals surface area contributed by atoms with Crippen molar-refractivity contribution in [2.75, 3.05) is 20.3 Å². The summed E-state index contributed by atoms with van der Waals surface area (Å²) >= 11 is 0. The highest BCUT2D eigenvalue weighted by molar-refractivity contribution is 5.76. The number of aromatic amines is 1. The third-order valence-electron chi connectivity index (χ3n) is 4.24. The predicted octanol–water partition coefficient (Wildman–Crippen LogP) is 1.68. The highest BCUT2D eigenvalue weighted by Crippen LogP contribution is 2.30. The van der Waals surface area contributed by atoms with Gasteiger partial charge in [0.15, 0.2) is 11.5 Å². The Morgan fingerprint density at radius 3 is 2.65 bits per heavy atom. The second kappa shape index (κ2) is 7.45. The van der Waals surface area contributed by atoms with Gasteiger partial charge >= 0.3 is 5.69 Å². The lowest BCUT2D eigenvalue weighted by Gasteiger charge is -2.17. The molecule has 0 fully saturated rings. The number of hydrogen-bond donors (Lipinski definition) is 2. The van der Waals surface area contributed by atoms with Gasteiger partial charge in [0, 0.05) is 0 Å². The number of H-pyrrole nitrogens is 1. The number of aliphatic hydroxyl groups excluding tert-OH is 1. The fourth-order valence-corrected chi connectivity index (χ4v) is 2.90. The van der Waals surface area contributed by atoms with Crippen LogP contribution in [0.25, 0.3) is 10.9 Å². The number of nitrogens with zero attached hydrogens (tertiary/aromatic N) is 1. The third-order valence-corrected chi connectivity index (χ3v) is 4.24. The van der Waals surface area contributed by atoms with Crippen LogP contribution in [0.4, 0.5) is 0 Å². The van der Waals surface area contributed by atoms with Gasteiger partial charge in [-0.2, -0.15) is 0 Å². The van der Waals surface area contributed by atoms with Gasteiger partial charge in [-0.1, -0.05) is 18.2 Å². The Morgan fingerprint density at radius 2 is 1.92 bits per heavy atom. The van der Waals surface area contributed by atoms with E-state index >= 15 is 0 Å². The molecule has 0 aliphatic carbocycles. The minimum Gasteiger partial charge on any atom is -0.493 e. The molecular formula is C19H20N2O5. The minimum atomic E-state index is -0.503. The lowest BCUT2D eigenvalue weighted by molar-refractivity contribution is 0.196. The summed E-state index contributed by atoms with van der Waals surface area (Å²) in [5, 5.41) is 9.34. The lowest BCUT2D eigenvalue weighted by Crippen LogP contribution is -2.37. The van der Waals surface area contributed by atoms with Crippen molar-refractivity contribution in [3.63, 3.8) is 0 Å². The number of ether oxygens (including phenoxy) is 2. The fraction of sp³-hybridized carbons (Fsp3) is 0.263. The first-order chi connectivity index (χ1) is 12.6. The van der Waals surface area contributed by atoms with Crippen LogP contribution in [-0.2, 0) is 0 Å². The standard InChI is InChI=1S/C19H20N2O5/c1-12(13-7-8-16(26-10-9-22)17(11-13)25-2)21-18(23)14-5-3-4-6-15(14)20-19(21)24/h3-8,11-12,22H,9-10H2,1-2H3,(H,20,24)/t12-/m0/s1. The summed E-state index contributed by atoms with van der Waals surface area (Å²) in [6.07, 6.45) is 0. The molecule has 1 heterocycles. The zero-order chi connectivity index (χ0) is 18.7. The average Bonchev–Trinajstić information content (AvgIpc) is 2.66. The predicted molar refractivity (Wildman–Crippen MR) is 98.2 cm³/mol. The number of benzene rings is 2. The van der Waals surface area contributed by atoms with Crippen molar-refractivity contribution < 1.29 is 14.6 Å². The maximum Gasteiger partial charge on any atom is 0.329 e. The van der Waals surface area contributed by atoms with E-state index in [1.165, 1.54) is 11.7 Å². The Labute approximate surface area is 149 Å². The highest BCUT2D eigenvalue weighted by Gasteiger charge is 2.17. The second-order valence-electron chi connectivity index (χ2n) is 5.81. The van der Waals surface area contributed by atoms with E-state index in [1.54, 1.807) is 49.4 Å². The van der Waals surface area contributed by atoms with Gasteiger partial charge in [-0.05, 0) is 36.8 Å². The summed E-state index contributed by atoms with van der Waals surface area (Å²) in [5.74, 6) is 0.949. The van der Waals surface area contributed by atoms with Gasteiger partial charge in [-0.3, -0.25) is 9.36 Å². The van der Waals surface area contributed by atoms with E-state index in [1.807, 2.05) is 0 Å². The molecule has 0 aliphatic rings. The molecule has 0 bridgehead atoms. The first-order valence-electron chi connectivity index (χ1n) is 8.22. The summed E-state index contributed by atoms with van der Waals surface area (Å²) in [5.41, 5.74) is 0.412. The Kier molecular flexibility index (Phi) is 5.09. The van der Waals surface area contributed by atoms with Crippen LogP contribution < -0.4 is 20.7 Å². The number of hydrogen-bond acceptors (Lipinski definition) is 5. The SMILES string of the molecule is COc1cc([C@H](C)n2c(=O)[nH]c3ccccc3c2=O)ccc1OCCO. The molecule has 3 aromatic rings. The molecule has 2 N–H and O–H groups in total. The van der Waals surface area contributed by atoms with E-state index in [0.717, 1.165) is 5.56 Å². The molecule has 0 amide bonds. The highest BCUT2D eigenvalue weighted by atomic mass is 16.5. The monoisotopic (exact) mass is 356 g/mol. The molecule has 0 unspecified atom stereocenters. The van der Waals surface area contributed by atoms with Crippen molar-refractivity contribution in [3.8, 4) is 11.5 Å². The molecule has 7 nitrogen and oxygen atoms in total. The van der Waals surface area contributed by atoms with Gasteiger partial charge in [0.05, 0.1) is 30.7 Å². The van der Waals surface area contributed by atoms with E-state index in [4.69, 9.17) is 14.6 Å². The smallest absolute Gasteiger partial charge is 0.329 e. The minimum absolute atomic E-state index is 0.108. The Morgan fingerprint density at radius 1 is 1.15 bits per heavy atom. The largest absolute Gasteiger partial charge is 0.493 e. The molecule has 1 atom stereocenters. The van der Waals surface area contributed by atoms with E-state index in [2.05, 4.69) is 4.98 Å². The van der Waals surface area contributed by atoms with E-state index in [-0.39, 0.29) is 18.8 Å². The Bertz CT molecular complexity index is 1040. The number of rotatable bonds is 6. The molecule has 7 heteroatoms. The van der Waals surface area contributed by atoms with Gasteiger partial charge in [0.2, 0.25) is 0 Å². The number of para-hydroxylation sites is 1. The van der Waals surface area contributed by atoms with Crippen LogP contribution in [0.2, 0.25) is 0 Å². The van der Waals surface area contributed by atoms with Crippen LogP contribution >= 0.6 is 0 Å². The van der Waals surface area contributed by atoms with Gasteiger partial charge in [0.1, 0.15) is 6.61 Å². The van der Waals surface area contributed by atoms with Crippen molar-refractivity contribution in [2.24, 2.45) is 0 Å². The fourth-order valence-electron chi connectivity index (χ4n) is 2.90. The molecule has 0 radical (unpaired) electrons. The van der Waals surface area contributed by atoms with Crippen LogP contribution in [0.1, 0.15) is 18.5 Å². The van der Waals surface area contributed by atoms with Gasteiger partial charge in [-0.25, -0.2) is 4.79 Å². The first-order valence-corrected chi connectivity index (χ1v) is 8.22. The summed E-state index contributed by atoms with van der Waals surface area (Å²) in [7, 11) is 1.50. The van der Waals surface area contributed by atoms with Crippen molar-refractivity contribution in [3.05, 3.63) is 68.9 Å². The van der Waals surface area contributed by atoms with Gasteiger partial charge < -0.3 is 19.6 Å². The molecule has 136 valence electrons. The number of aromatic nitrogens is 2. The molecular weight excluding hydrogens is 336 g/mol. The van der Waals surface area contributed by atoms with Crippen LogP contribution in [0, 0.1) is 0 Å². The van der Waals surface area contributed by atoms with Crippen molar-refractivity contribution in [2.45, 2.75) is 13.0 Å². The Balaban J connectivity index is 2.07. The summed E-state index contributed by atoms with van der Waals surface area (Å²) in [4.78, 5) is 28.0. The van der Waals surface area contributed by atoms with Crippen molar-refractivity contribution in [1.82, 2.24) is 9.55 Å². The second-order valence-corrected chi connectivity index (χ2v) is 5.81. The third kappa shape index (κ3) is 3.21. The summed E-state index contributed by atoms with van der Waals surface area (Å²) in [6, 6.07) is 11.6. The molecule has 3 rings (SSSR count). The van der Waals surface area contributed by atoms with Crippen LogP contribution in [0.15, 0.2) is 52.1 Å². The van der Waals surface area contributed by atoms with Crippen molar-refractivity contribution >= 4 is 10.9 Å². The number of aliphatic hydroxyl groups is 1. The molecule has 1 aromatic heterocycles. The number of fused-ring (bicyclic) bond motifs is 1. The number of nitrogens with one attached hydrogen (secondary N) is 1.